The van der Waals surface area contributed by atoms with Crippen LogP contribution in [0.4, 0.5) is 5.69 Å². The first kappa shape index (κ1) is 15.9. The van der Waals surface area contributed by atoms with Crippen LogP contribution in [0.1, 0.15) is 19.4 Å². The van der Waals surface area contributed by atoms with Crippen molar-refractivity contribution < 1.29 is 9.47 Å². The highest BCUT2D eigenvalue weighted by Crippen LogP contribution is 2.23. The van der Waals surface area contributed by atoms with Gasteiger partial charge in [-0.1, -0.05) is 6.08 Å². The van der Waals surface area contributed by atoms with Crippen LogP contribution in [-0.2, 0) is 11.2 Å². The molecular weight excluding hydrogens is 264 g/mol. The normalized spacial score (nSPS) is 19.7. The number of hydrogen-bond acceptors (Lipinski definition) is 4. The number of hydrogen-bond donors (Lipinski definition) is 1. The van der Waals surface area contributed by atoms with E-state index in [9.17, 15) is 0 Å². The molecule has 4 heteroatoms. The summed E-state index contributed by atoms with van der Waals surface area (Å²) in [6.07, 6.45) is 2.73. The summed E-state index contributed by atoms with van der Waals surface area (Å²) in [5, 5.41) is 0. The SMILES string of the molecule is C=CCc1cc(N)ccc1OCC1CN(C(C)C)CCO1. The molecule has 0 aromatic heterocycles. The summed E-state index contributed by atoms with van der Waals surface area (Å²) in [6.45, 7) is 11.5. The average molecular weight is 290 g/mol. The van der Waals surface area contributed by atoms with Crippen molar-refractivity contribution in [3.8, 4) is 5.75 Å². The summed E-state index contributed by atoms with van der Waals surface area (Å²) in [5.41, 5.74) is 7.65. The number of benzene rings is 1. The van der Waals surface area contributed by atoms with Crippen molar-refractivity contribution in [2.45, 2.75) is 32.4 Å². The minimum absolute atomic E-state index is 0.121. The third-order valence-electron chi connectivity index (χ3n) is 3.77. The van der Waals surface area contributed by atoms with Crippen molar-refractivity contribution in [3.63, 3.8) is 0 Å². The molecule has 0 saturated carbocycles. The Morgan fingerprint density at radius 1 is 1.52 bits per heavy atom. The third-order valence-corrected chi connectivity index (χ3v) is 3.77. The molecule has 2 rings (SSSR count). The van der Waals surface area contributed by atoms with Crippen LogP contribution >= 0.6 is 0 Å². The Morgan fingerprint density at radius 2 is 2.33 bits per heavy atom. The van der Waals surface area contributed by atoms with E-state index in [4.69, 9.17) is 15.2 Å². The molecule has 2 N–H and O–H groups in total. The second kappa shape index (κ2) is 7.48. The van der Waals surface area contributed by atoms with E-state index in [0.29, 0.717) is 12.6 Å². The fraction of sp³-hybridized carbons (Fsp3) is 0.529. The first-order chi connectivity index (χ1) is 10.1. The Kier molecular flexibility index (Phi) is 5.65. The number of rotatable bonds is 6. The molecule has 1 aromatic rings. The van der Waals surface area contributed by atoms with Crippen molar-refractivity contribution in [2.75, 3.05) is 32.0 Å². The number of nitrogens with zero attached hydrogens (tertiary/aromatic N) is 1. The predicted octanol–water partition coefficient (Wildman–Crippen LogP) is 2.49. The maximum absolute atomic E-state index is 5.96. The molecule has 1 fully saturated rings. The topological polar surface area (TPSA) is 47.7 Å². The molecule has 1 unspecified atom stereocenters. The van der Waals surface area contributed by atoms with Gasteiger partial charge in [0.2, 0.25) is 0 Å². The van der Waals surface area contributed by atoms with Crippen LogP contribution in [0, 0.1) is 0 Å². The summed E-state index contributed by atoms with van der Waals surface area (Å²) < 4.78 is 11.7. The highest BCUT2D eigenvalue weighted by atomic mass is 16.5. The number of allylic oxidation sites excluding steroid dienone is 1. The van der Waals surface area contributed by atoms with E-state index < -0.39 is 0 Å². The lowest BCUT2D eigenvalue weighted by Gasteiger charge is -2.35. The van der Waals surface area contributed by atoms with Gasteiger partial charge in [0, 0.05) is 24.8 Å². The molecule has 1 aliphatic rings. The summed E-state index contributed by atoms with van der Waals surface area (Å²) in [4.78, 5) is 2.42. The molecule has 1 heterocycles. The van der Waals surface area contributed by atoms with Crippen LogP contribution in [0.15, 0.2) is 30.9 Å². The zero-order valence-corrected chi connectivity index (χ0v) is 13.0. The van der Waals surface area contributed by atoms with Crippen LogP contribution in [-0.4, -0.2) is 43.3 Å². The van der Waals surface area contributed by atoms with Crippen molar-refractivity contribution in [3.05, 3.63) is 36.4 Å². The summed E-state index contributed by atoms with van der Waals surface area (Å²) in [6, 6.07) is 6.28. The highest BCUT2D eigenvalue weighted by Gasteiger charge is 2.22. The lowest BCUT2D eigenvalue weighted by Crippen LogP contribution is -2.47. The van der Waals surface area contributed by atoms with Crippen molar-refractivity contribution in [2.24, 2.45) is 0 Å². The van der Waals surface area contributed by atoms with Crippen LogP contribution in [0.3, 0.4) is 0 Å². The van der Waals surface area contributed by atoms with E-state index in [2.05, 4.69) is 25.3 Å². The van der Waals surface area contributed by atoms with E-state index in [1.54, 1.807) is 0 Å². The number of nitrogens with two attached hydrogens (primary N) is 1. The van der Waals surface area contributed by atoms with Crippen LogP contribution < -0.4 is 10.5 Å². The molecule has 0 bridgehead atoms. The molecule has 21 heavy (non-hydrogen) atoms. The molecule has 1 atom stereocenters. The molecule has 0 radical (unpaired) electrons. The molecule has 0 amide bonds. The van der Waals surface area contributed by atoms with E-state index in [-0.39, 0.29) is 6.10 Å². The molecule has 0 spiro atoms. The molecule has 0 aliphatic carbocycles. The molecule has 1 aliphatic heterocycles. The standard InChI is InChI=1S/C17H26N2O2/c1-4-5-14-10-15(18)6-7-17(14)21-12-16-11-19(13(2)3)8-9-20-16/h4,6-7,10,13,16H,1,5,8-9,11-12,18H2,2-3H3. The Bertz CT molecular complexity index is 474. The smallest absolute Gasteiger partial charge is 0.123 e. The predicted molar refractivity (Wildman–Crippen MR) is 86.7 cm³/mol. The second-order valence-corrected chi connectivity index (χ2v) is 5.75. The van der Waals surface area contributed by atoms with Gasteiger partial charge in [-0.3, -0.25) is 4.90 Å². The molecule has 4 nitrogen and oxygen atoms in total. The van der Waals surface area contributed by atoms with Crippen LogP contribution in [0.2, 0.25) is 0 Å². The average Bonchev–Trinajstić information content (AvgIpc) is 2.47. The number of morpholine rings is 1. The minimum Gasteiger partial charge on any atom is -0.491 e. The maximum Gasteiger partial charge on any atom is 0.123 e. The number of ether oxygens (including phenoxy) is 2. The van der Waals surface area contributed by atoms with E-state index >= 15 is 0 Å². The van der Waals surface area contributed by atoms with Crippen molar-refractivity contribution in [1.82, 2.24) is 4.90 Å². The first-order valence-corrected chi connectivity index (χ1v) is 7.58. The first-order valence-electron chi connectivity index (χ1n) is 7.58. The lowest BCUT2D eigenvalue weighted by atomic mass is 10.1. The monoisotopic (exact) mass is 290 g/mol. The van der Waals surface area contributed by atoms with E-state index in [0.717, 1.165) is 43.1 Å². The highest BCUT2D eigenvalue weighted by molar-refractivity contribution is 5.48. The lowest BCUT2D eigenvalue weighted by molar-refractivity contribution is -0.0565. The third kappa shape index (κ3) is 4.48. The van der Waals surface area contributed by atoms with Gasteiger partial charge in [0.25, 0.3) is 0 Å². The van der Waals surface area contributed by atoms with Gasteiger partial charge in [0.1, 0.15) is 18.5 Å². The van der Waals surface area contributed by atoms with Gasteiger partial charge in [-0.2, -0.15) is 0 Å². The Hall–Kier alpha value is -1.52. The van der Waals surface area contributed by atoms with Crippen molar-refractivity contribution >= 4 is 5.69 Å². The molecular formula is C17H26N2O2. The zero-order valence-electron chi connectivity index (χ0n) is 13.0. The quantitative estimate of drug-likeness (QED) is 0.646. The second-order valence-electron chi connectivity index (χ2n) is 5.75. The number of nitrogen functional groups attached to an aromatic ring is 1. The Labute approximate surface area is 127 Å². The van der Waals surface area contributed by atoms with E-state index in [1.807, 2.05) is 24.3 Å². The summed E-state index contributed by atoms with van der Waals surface area (Å²) in [5.74, 6) is 0.870. The summed E-state index contributed by atoms with van der Waals surface area (Å²) >= 11 is 0. The van der Waals surface area contributed by atoms with Gasteiger partial charge in [-0.25, -0.2) is 0 Å². The van der Waals surface area contributed by atoms with Gasteiger partial charge >= 0.3 is 0 Å². The van der Waals surface area contributed by atoms with Crippen LogP contribution in [0.5, 0.6) is 5.75 Å². The fourth-order valence-corrected chi connectivity index (χ4v) is 2.55. The molecule has 1 aromatic carbocycles. The van der Waals surface area contributed by atoms with Gasteiger partial charge in [0.05, 0.1) is 6.61 Å². The molecule has 116 valence electrons. The molecule has 1 saturated heterocycles. The van der Waals surface area contributed by atoms with Crippen LogP contribution in [0.25, 0.3) is 0 Å². The van der Waals surface area contributed by atoms with Gasteiger partial charge in [-0.05, 0) is 44.0 Å². The van der Waals surface area contributed by atoms with E-state index in [1.165, 1.54) is 0 Å². The van der Waals surface area contributed by atoms with Gasteiger partial charge < -0.3 is 15.2 Å². The number of anilines is 1. The van der Waals surface area contributed by atoms with Gasteiger partial charge in [0.15, 0.2) is 0 Å². The Balaban J connectivity index is 1.94. The van der Waals surface area contributed by atoms with Crippen molar-refractivity contribution in [1.29, 1.82) is 0 Å². The summed E-state index contributed by atoms with van der Waals surface area (Å²) in [7, 11) is 0. The fourth-order valence-electron chi connectivity index (χ4n) is 2.55. The largest absolute Gasteiger partial charge is 0.491 e. The Morgan fingerprint density at radius 3 is 3.05 bits per heavy atom. The van der Waals surface area contributed by atoms with Gasteiger partial charge in [-0.15, -0.1) is 6.58 Å². The minimum atomic E-state index is 0.121. The maximum atomic E-state index is 5.96. The zero-order chi connectivity index (χ0) is 15.2.